The SMILES string of the molecule is CCCCCCCCCCCCCCCCCCCCCCCCCCCCCCCCCCCCCCCCCCCCCCCCCCCCCCCCCCCCCCCCCCCCCCCCCCCCCCCCCCCCCCCCCCCCCCCCCCCCCCC. The standard InChI is InChI=1S/C103H208/c1-3-5-7-9-11-13-15-17-19-21-23-25-27-29-31-33-35-37-39-41-43-45-47-49-51-53-55-57-59-61-63-65-67-69-71-73-75-77-79-81-83-85-87-89-91-93-95-97-99-101-103-102-100-98-96-94-92-90-88-86-84-82-80-78-76-74-72-70-68-66-64-62-60-58-56-54-52-50-48-46-44-42-40-38-36-34-32-30-28-26-24-22-20-18-16-14-12-10-8-6-4-2/h3-103H2,1-2H3. The van der Waals surface area contributed by atoms with E-state index in [9.17, 15) is 0 Å². The fourth-order valence-corrected chi connectivity index (χ4v) is 17.6. The predicted octanol–water partition coefficient (Wildman–Crippen LogP) is 40.4. The summed E-state index contributed by atoms with van der Waals surface area (Å²) in [5, 5.41) is 0. The van der Waals surface area contributed by atoms with Crippen LogP contribution in [0.3, 0.4) is 0 Å². The molecule has 0 unspecified atom stereocenters. The van der Waals surface area contributed by atoms with Crippen LogP contribution < -0.4 is 0 Å². The van der Waals surface area contributed by atoms with Gasteiger partial charge in [0.1, 0.15) is 0 Å². The maximum atomic E-state index is 2.32. The van der Waals surface area contributed by atoms with Crippen molar-refractivity contribution in [1.82, 2.24) is 0 Å². The molecule has 0 radical (unpaired) electrons. The Morgan fingerprint density at radius 1 is 0.0485 bits per heavy atom. The molecule has 0 aromatic carbocycles. The van der Waals surface area contributed by atoms with Crippen LogP contribution in [0.15, 0.2) is 0 Å². The van der Waals surface area contributed by atoms with E-state index in [0.29, 0.717) is 0 Å². The van der Waals surface area contributed by atoms with Gasteiger partial charge in [0.2, 0.25) is 0 Å². The zero-order valence-corrected chi connectivity index (χ0v) is 73.4. The highest BCUT2D eigenvalue weighted by atomic mass is 14.1. The van der Waals surface area contributed by atoms with E-state index in [1.54, 1.807) is 0 Å². The van der Waals surface area contributed by atoms with Gasteiger partial charge in [0.15, 0.2) is 0 Å². The lowest BCUT2D eigenvalue weighted by Crippen LogP contribution is -1.85. The van der Waals surface area contributed by atoms with Crippen molar-refractivity contribution in [3.63, 3.8) is 0 Å². The maximum Gasteiger partial charge on any atom is -0.0533 e. The highest BCUT2D eigenvalue weighted by Gasteiger charge is 2.04. The van der Waals surface area contributed by atoms with Crippen molar-refractivity contribution in [1.29, 1.82) is 0 Å². The second kappa shape index (κ2) is 102. The zero-order chi connectivity index (χ0) is 73.4. The average Bonchev–Trinajstić information content (AvgIpc) is 3.71. The van der Waals surface area contributed by atoms with Gasteiger partial charge in [-0.15, -0.1) is 0 Å². The van der Waals surface area contributed by atoms with Crippen LogP contribution in [0.25, 0.3) is 0 Å². The van der Waals surface area contributed by atoms with Crippen molar-refractivity contribution >= 4 is 0 Å². The molecule has 0 saturated heterocycles. The molecule has 0 amide bonds. The minimum absolute atomic E-state index is 1.37. The molecule has 0 rings (SSSR count). The van der Waals surface area contributed by atoms with E-state index in [2.05, 4.69) is 13.8 Å². The quantitative estimate of drug-likeness (QED) is 0.0533. The molecule has 0 aliphatic carbocycles. The fourth-order valence-electron chi connectivity index (χ4n) is 17.6. The van der Waals surface area contributed by atoms with Crippen LogP contribution in [0.2, 0.25) is 0 Å². The smallest absolute Gasteiger partial charge is 0.0533 e. The fraction of sp³-hybridized carbons (Fsp3) is 1.00. The van der Waals surface area contributed by atoms with Gasteiger partial charge in [-0.25, -0.2) is 0 Å². The maximum absolute atomic E-state index is 2.32. The highest BCUT2D eigenvalue weighted by molar-refractivity contribution is 4.60. The van der Waals surface area contributed by atoms with Crippen molar-refractivity contribution < 1.29 is 0 Å². The number of unbranched alkanes of at least 4 members (excludes halogenated alkanes) is 100. The Labute approximate surface area is 658 Å². The first-order chi connectivity index (χ1) is 51.4. The number of hydrogen-bond acceptors (Lipinski definition) is 0. The Kier molecular flexibility index (Phi) is 102. The van der Waals surface area contributed by atoms with Crippen LogP contribution >= 0.6 is 0 Å². The molecular formula is C103H208. The van der Waals surface area contributed by atoms with Crippen molar-refractivity contribution in [2.24, 2.45) is 0 Å². The first-order valence-corrected chi connectivity index (χ1v) is 51.4. The third kappa shape index (κ3) is 102. The van der Waals surface area contributed by atoms with Crippen LogP contribution in [-0.2, 0) is 0 Å². The summed E-state index contributed by atoms with van der Waals surface area (Å²) in [5.41, 5.74) is 0. The third-order valence-corrected chi connectivity index (χ3v) is 25.2. The summed E-state index contributed by atoms with van der Waals surface area (Å²) >= 11 is 0. The van der Waals surface area contributed by atoms with Gasteiger partial charge in [0.05, 0.1) is 0 Å². The van der Waals surface area contributed by atoms with Gasteiger partial charge in [-0.1, -0.05) is 662 Å². The molecule has 0 atom stereocenters. The minimum Gasteiger partial charge on any atom is -0.0654 e. The van der Waals surface area contributed by atoms with E-state index >= 15 is 0 Å². The zero-order valence-electron chi connectivity index (χ0n) is 73.4. The summed E-state index contributed by atoms with van der Waals surface area (Å²) in [5.74, 6) is 0. The molecule has 0 spiro atoms. The van der Waals surface area contributed by atoms with Gasteiger partial charge in [-0.3, -0.25) is 0 Å². The third-order valence-electron chi connectivity index (χ3n) is 25.2. The number of rotatable bonds is 100. The van der Waals surface area contributed by atoms with Gasteiger partial charge < -0.3 is 0 Å². The summed E-state index contributed by atoms with van der Waals surface area (Å²) in [6, 6.07) is 0. The first-order valence-electron chi connectivity index (χ1n) is 51.4. The molecule has 0 N–H and O–H groups in total. The molecule has 0 fully saturated rings. The van der Waals surface area contributed by atoms with Gasteiger partial charge in [-0.2, -0.15) is 0 Å². The molecule has 0 aromatic rings. The van der Waals surface area contributed by atoms with Gasteiger partial charge in [0.25, 0.3) is 0 Å². The average molecular weight is 1450 g/mol. The number of hydrogen-bond donors (Lipinski definition) is 0. The molecule has 0 aliphatic heterocycles. The van der Waals surface area contributed by atoms with Crippen LogP contribution in [0.5, 0.6) is 0 Å². The van der Waals surface area contributed by atoms with E-state index in [-0.39, 0.29) is 0 Å². The Balaban J connectivity index is 3.09. The van der Waals surface area contributed by atoms with E-state index < -0.39 is 0 Å². The minimum atomic E-state index is 1.37. The van der Waals surface area contributed by atoms with E-state index in [0.717, 1.165) is 0 Å². The van der Waals surface area contributed by atoms with Crippen molar-refractivity contribution in [2.45, 2.75) is 662 Å². The monoisotopic (exact) mass is 1450 g/mol. The molecule has 0 aromatic heterocycles. The van der Waals surface area contributed by atoms with Gasteiger partial charge >= 0.3 is 0 Å². The second-order valence-corrected chi connectivity index (χ2v) is 36.0. The van der Waals surface area contributed by atoms with Crippen LogP contribution in [0.1, 0.15) is 662 Å². The summed E-state index contributed by atoms with van der Waals surface area (Å²) in [7, 11) is 0. The lowest BCUT2D eigenvalue weighted by molar-refractivity contribution is 0.505. The first kappa shape index (κ1) is 103. The highest BCUT2D eigenvalue weighted by Crippen LogP contribution is 2.24. The summed E-state index contributed by atoms with van der Waals surface area (Å²) in [6.45, 7) is 4.64. The molecule has 0 heterocycles. The molecule has 620 valence electrons. The summed E-state index contributed by atoms with van der Waals surface area (Å²) < 4.78 is 0. The van der Waals surface area contributed by atoms with Crippen LogP contribution in [0.4, 0.5) is 0 Å². The van der Waals surface area contributed by atoms with E-state index in [1.807, 2.05) is 0 Å². The Morgan fingerprint density at radius 2 is 0.0777 bits per heavy atom. The molecule has 0 heteroatoms. The van der Waals surface area contributed by atoms with E-state index in [4.69, 9.17) is 0 Å². The Bertz CT molecular complexity index is 1240. The Hall–Kier alpha value is 0. The summed E-state index contributed by atoms with van der Waals surface area (Å²) in [6.07, 6.45) is 151. The molecule has 0 aliphatic rings. The second-order valence-electron chi connectivity index (χ2n) is 36.0. The van der Waals surface area contributed by atoms with E-state index in [1.165, 1.54) is 649 Å². The van der Waals surface area contributed by atoms with Gasteiger partial charge in [-0.05, 0) is 0 Å². The molecule has 0 nitrogen and oxygen atoms in total. The van der Waals surface area contributed by atoms with Crippen molar-refractivity contribution in [3.8, 4) is 0 Å². The summed E-state index contributed by atoms with van der Waals surface area (Å²) in [4.78, 5) is 0. The van der Waals surface area contributed by atoms with Gasteiger partial charge in [0, 0.05) is 0 Å². The lowest BCUT2D eigenvalue weighted by Gasteiger charge is -2.05. The van der Waals surface area contributed by atoms with Crippen molar-refractivity contribution in [2.75, 3.05) is 0 Å². The largest absolute Gasteiger partial charge is 0.0654 e. The molecule has 103 heavy (non-hydrogen) atoms. The van der Waals surface area contributed by atoms with Crippen molar-refractivity contribution in [3.05, 3.63) is 0 Å². The van der Waals surface area contributed by atoms with Crippen LogP contribution in [-0.4, -0.2) is 0 Å². The Morgan fingerprint density at radius 3 is 0.107 bits per heavy atom. The molecular weight excluding hydrogens is 1240 g/mol. The van der Waals surface area contributed by atoms with Crippen LogP contribution in [0, 0.1) is 0 Å². The molecule has 0 saturated carbocycles. The predicted molar refractivity (Wildman–Crippen MR) is 478 cm³/mol. The topological polar surface area (TPSA) is 0 Å². The normalized spacial score (nSPS) is 11.8. The lowest BCUT2D eigenvalue weighted by atomic mass is 10.0. The molecule has 0 bridgehead atoms.